The molecule has 2 fully saturated rings. The maximum Gasteiger partial charge on any atom is 0.409 e. The van der Waals surface area contributed by atoms with Gasteiger partial charge in [-0.2, -0.15) is 0 Å². The third-order valence-electron chi connectivity index (χ3n) is 5.60. The molecule has 1 aromatic rings. The molecule has 0 spiro atoms. The van der Waals surface area contributed by atoms with Crippen molar-refractivity contribution < 1.29 is 19.1 Å². The van der Waals surface area contributed by atoms with Crippen LogP contribution in [-0.2, 0) is 20.7 Å². The van der Waals surface area contributed by atoms with Gasteiger partial charge in [0.25, 0.3) is 0 Å². The zero-order chi connectivity index (χ0) is 20.6. The van der Waals surface area contributed by atoms with Gasteiger partial charge in [0, 0.05) is 57.0 Å². The van der Waals surface area contributed by atoms with Crippen LogP contribution in [0.5, 0.6) is 0 Å². The molecule has 0 radical (unpaired) electrons. The number of aromatic nitrogens is 1. The van der Waals surface area contributed by atoms with E-state index in [0.29, 0.717) is 52.0 Å². The van der Waals surface area contributed by atoms with Crippen molar-refractivity contribution in [2.75, 3.05) is 32.8 Å². The van der Waals surface area contributed by atoms with E-state index in [4.69, 9.17) is 4.74 Å². The van der Waals surface area contributed by atoms with Gasteiger partial charge >= 0.3 is 6.09 Å². The van der Waals surface area contributed by atoms with Crippen LogP contribution in [0, 0.1) is 5.92 Å². The highest BCUT2D eigenvalue weighted by Crippen LogP contribution is 2.20. The van der Waals surface area contributed by atoms with Crippen molar-refractivity contribution in [3.8, 4) is 0 Å². The van der Waals surface area contributed by atoms with Crippen molar-refractivity contribution in [1.29, 1.82) is 0 Å². The Kier molecular flexibility index (Phi) is 7.43. The molecule has 0 saturated carbocycles. The minimum atomic E-state index is -0.286. The van der Waals surface area contributed by atoms with E-state index < -0.39 is 0 Å². The maximum atomic E-state index is 12.7. The molecule has 29 heavy (non-hydrogen) atoms. The number of hydrogen-bond donors (Lipinski definition) is 1. The summed E-state index contributed by atoms with van der Waals surface area (Å²) in [6.07, 6.45) is 4.59. The Balaban J connectivity index is 1.44. The van der Waals surface area contributed by atoms with Crippen molar-refractivity contribution in [3.63, 3.8) is 0 Å². The smallest absolute Gasteiger partial charge is 0.409 e. The molecule has 3 rings (SSSR count). The number of pyridine rings is 1. The Morgan fingerprint density at radius 3 is 2.72 bits per heavy atom. The second kappa shape index (κ2) is 10.2. The lowest BCUT2D eigenvalue weighted by molar-refractivity contribution is -0.138. The molecule has 0 unspecified atom stereocenters. The highest BCUT2D eigenvalue weighted by atomic mass is 16.6. The van der Waals surface area contributed by atoms with Crippen LogP contribution < -0.4 is 5.32 Å². The molecular formula is C21H30N4O4. The van der Waals surface area contributed by atoms with E-state index in [9.17, 15) is 14.4 Å². The first kappa shape index (κ1) is 21.1. The predicted molar refractivity (Wildman–Crippen MR) is 107 cm³/mol. The van der Waals surface area contributed by atoms with Gasteiger partial charge in [-0.25, -0.2) is 4.79 Å². The number of hydrogen-bond acceptors (Lipinski definition) is 5. The molecule has 3 heterocycles. The molecule has 8 nitrogen and oxygen atoms in total. The van der Waals surface area contributed by atoms with Crippen molar-refractivity contribution in [1.82, 2.24) is 20.1 Å². The van der Waals surface area contributed by atoms with Gasteiger partial charge in [-0.05, 0) is 38.3 Å². The SMILES string of the molecule is CCOC(=O)N1CCC(NC(=O)[C@@H]2CCC(=O)N(CCc3ccccn3)C2)CC1. The summed E-state index contributed by atoms with van der Waals surface area (Å²) in [6, 6.07) is 5.81. The number of likely N-dealkylation sites (tertiary alicyclic amines) is 2. The average molecular weight is 402 g/mol. The summed E-state index contributed by atoms with van der Waals surface area (Å²) in [5, 5.41) is 3.12. The van der Waals surface area contributed by atoms with E-state index in [1.54, 1.807) is 22.9 Å². The van der Waals surface area contributed by atoms with Crippen LogP contribution in [0.2, 0.25) is 0 Å². The fourth-order valence-corrected chi connectivity index (χ4v) is 3.88. The van der Waals surface area contributed by atoms with Crippen molar-refractivity contribution in [2.24, 2.45) is 5.92 Å². The number of ether oxygens (including phenoxy) is 1. The zero-order valence-electron chi connectivity index (χ0n) is 17.0. The lowest BCUT2D eigenvalue weighted by Crippen LogP contribution is -2.51. The molecule has 2 aliphatic rings. The minimum absolute atomic E-state index is 0.00919. The molecule has 1 atom stereocenters. The Hall–Kier alpha value is -2.64. The predicted octanol–water partition coefficient (Wildman–Crippen LogP) is 1.60. The highest BCUT2D eigenvalue weighted by Gasteiger charge is 2.32. The Labute approximate surface area is 171 Å². The van der Waals surface area contributed by atoms with Crippen LogP contribution in [-0.4, -0.2) is 71.5 Å². The lowest BCUT2D eigenvalue weighted by Gasteiger charge is -2.35. The summed E-state index contributed by atoms with van der Waals surface area (Å²) in [5.74, 6) is -0.0674. The van der Waals surface area contributed by atoms with Crippen LogP contribution in [0.3, 0.4) is 0 Å². The third kappa shape index (κ3) is 5.92. The number of piperidine rings is 2. The van der Waals surface area contributed by atoms with Crippen LogP contribution in [0.25, 0.3) is 0 Å². The van der Waals surface area contributed by atoms with Gasteiger partial charge in [0.2, 0.25) is 11.8 Å². The molecule has 3 amide bonds. The number of carbonyl (C=O) groups is 3. The Bertz CT molecular complexity index is 704. The molecule has 0 aliphatic carbocycles. The van der Waals surface area contributed by atoms with Crippen LogP contribution >= 0.6 is 0 Å². The first-order valence-electron chi connectivity index (χ1n) is 10.5. The van der Waals surface area contributed by atoms with Gasteiger partial charge < -0.3 is 19.9 Å². The largest absolute Gasteiger partial charge is 0.450 e. The molecule has 1 N–H and O–H groups in total. The number of carbonyl (C=O) groups excluding carboxylic acids is 3. The van der Waals surface area contributed by atoms with E-state index in [1.807, 2.05) is 18.2 Å². The lowest BCUT2D eigenvalue weighted by atomic mass is 9.95. The summed E-state index contributed by atoms with van der Waals surface area (Å²) < 4.78 is 5.03. The fraction of sp³-hybridized carbons (Fsp3) is 0.619. The quantitative estimate of drug-likeness (QED) is 0.780. The van der Waals surface area contributed by atoms with Gasteiger partial charge in [-0.15, -0.1) is 0 Å². The normalized spacial score (nSPS) is 20.4. The van der Waals surface area contributed by atoms with Crippen LogP contribution in [0.4, 0.5) is 4.79 Å². The van der Waals surface area contributed by atoms with E-state index in [-0.39, 0.29) is 29.9 Å². The molecule has 158 valence electrons. The molecule has 2 aliphatic heterocycles. The molecule has 0 bridgehead atoms. The van der Waals surface area contributed by atoms with E-state index in [2.05, 4.69) is 10.3 Å². The monoisotopic (exact) mass is 402 g/mol. The molecule has 0 aromatic carbocycles. The van der Waals surface area contributed by atoms with Gasteiger partial charge in [-0.3, -0.25) is 14.6 Å². The van der Waals surface area contributed by atoms with E-state index >= 15 is 0 Å². The van der Waals surface area contributed by atoms with Crippen molar-refractivity contribution in [3.05, 3.63) is 30.1 Å². The highest BCUT2D eigenvalue weighted by molar-refractivity contribution is 5.84. The van der Waals surface area contributed by atoms with E-state index in [0.717, 1.165) is 18.5 Å². The third-order valence-corrected chi connectivity index (χ3v) is 5.60. The van der Waals surface area contributed by atoms with Crippen LogP contribution in [0.1, 0.15) is 38.3 Å². The Morgan fingerprint density at radius 2 is 2.03 bits per heavy atom. The topological polar surface area (TPSA) is 91.8 Å². The van der Waals surface area contributed by atoms with Gasteiger partial charge in [0.15, 0.2) is 0 Å². The first-order valence-corrected chi connectivity index (χ1v) is 10.5. The molecule has 8 heteroatoms. The molecular weight excluding hydrogens is 372 g/mol. The second-order valence-corrected chi connectivity index (χ2v) is 7.62. The summed E-state index contributed by atoms with van der Waals surface area (Å²) in [7, 11) is 0. The summed E-state index contributed by atoms with van der Waals surface area (Å²) in [4.78, 5) is 44.5. The second-order valence-electron chi connectivity index (χ2n) is 7.62. The first-order chi connectivity index (χ1) is 14.1. The van der Waals surface area contributed by atoms with Crippen molar-refractivity contribution >= 4 is 17.9 Å². The average Bonchev–Trinajstić information content (AvgIpc) is 2.74. The van der Waals surface area contributed by atoms with Crippen molar-refractivity contribution in [2.45, 2.75) is 45.1 Å². The standard InChI is InChI=1S/C21H30N4O4/c1-2-29-21(28)24-12-9-18(10-13-24)23-20(27)16-6-7-19(26)25(15-16)14-8-17-5-3-4-11-22-17/h3-5,11,16,18H,2,6-10,12-15H2,1H3,(H,23,27)/t16-/m1/s1. The number of amides is 3. The number of rotatable bonds is 6. The number of nitrogens with one attached hydrogen (secondary N) is 1. The van der Waals surface area contributed by atoms with E-state index in [1.165, 1.54) is 0 Å². The zero-order valence-corrected chi connectivity index (χ0v) is 17.0. The van der Waals surface area contributed by atoms with Gasteiger partial charge in [0.05, 0.1) is 12.5 Å². The summed E-state index contributed by atoms with van der Waals surface area (Å²) in [6.45, 7) is 4.37. The maximum absolute atomic E-state index is 12.7. The molecule has 2 saturated heterocycles. The Morgan fingerprint density at radius 1 is 1.24 bits per heavy atom. The summed E-state index contributed by atoms with van der Waals surface area (Å²) >= 11 is 0. The summed E-state index contributed by atoms with van der Waals surface area (Å²) in [5.41, 5.74) is 0.945. The van der Waals surface area contributed by atoms with Gasteiger partial charge in [0.1, 0.15) is 0 Å². The van der Waals surface area contributed by atoms with Gasteiger partial charge in [-0.1, -0.05) is 6.07 Å². The minimum Gasteiger partial charge on any atom is -0.450 e. The number of nitrogens with zero attached hydrogens (tertiary/aromatic N) is 3. The van der Waals surface area contributed by atoms with Crippen LogP contribution in [0.15, 0.2) is 24.4 Å². The fourth-order valence-electron chi connectivity index (χ4n) is 3.88. The molecule has 1 aromatic heterocycles.